The maximum absolute atomic E-state index is 11.9. The minimum absolute atomic E-state index is 0.206. The molecule has 0 aliphatic carbocycles. The molecule has 0 aromatic carbocycles. The molecular weight excluding hydrogens is 208 g/mol. The van der Waals surface area contributed by atoms with Crippen molar-refractivity contribution >= 4 is 5.97 Å². The van der Waals surface area contributed by atoms with E-state index in [1.807, 2.05) is 14.0 Å². The first-order valence-corrected chi connectivity index (χ1v) is 5.84. The Labute approximate surface area is 95.9 Å². The molecule has 0 aromatic heterocycles. The number of likely N-dealkylation sites (tertiary alicyclic amines) is 1. The summed E-state index contributed by atoms with van der Waals surface area (Å²) in [4.78, 5) is 14.1. The lowest BCUT2D eigenvalue weighted by atomic mass is 9.84. The predicted molar refractivity (Wildman–Crippen MR) is 58.9 cm³/mol. The summed E-state index contributed by atoms with van der Waals surface area (Å²) in [5, 5.41) is 0. The fourth-order valence-corrected chi connectivity index (χ4v) is 2.83. The van der Waals surface area contributed by atoms with Gasteiger partial charge < -0.3 is 20.1 Å². The van der Waals surface area contributed by atoms with Crippen LogP contribution in [0.2, 0.25) is 0 Å². The third-order valence-corrected chi connectivity index (χ3v) is 3.55. The molecule has 2 rings (SSSR count). The van der Waals surface area contributed by atoms with Crippen LogP contribution in [0.4, 0.5) is 0 Å². The van der Waals surface area contributed by atoms with Crippen molar-refractivity contribution in [1.82, 2.24) is 4.90 Å². The Morgan fingerprint density at radius 2 is 2.44 bits per heavy atom. The Balaban J connectivity index is 2.15. The molecule has 16 heavy (non-hydrogen) atoms. The van der Waals surface area contributed by atoms with Crippen LogP contribution in [0.5, 0.6) is 0 Å². The van der Waals surface area contributed by atoms with Gasteiger partial charge in [0.05, 0.1) is 18.8 Å². The average Bonchev–Trinajstić information content (AvgIpc) is 2.73. The molecule has 2 N–H and O–H groups in total. The van der Waals surface area contributed by atoms with Crippen LogP contribution >= 0.6 is 0 Å². The van der Waals surface area contributed by atoms with Crippen molar-refractivity contribution in [3.63, 3.8) is 0 Å². The quantitative estimate of drug-likeness (QED) is 0.651. The molecule has 0 radical (unpaired) electrons. The molecule has 0 bridgehead atoms. The SMILES string of the molecule is CCOC(=O)C1C(N)COC12CCN(C)C2. The van der Waals surface area contributed by atoms with E-state index in [4.69, 9.17) is 15.2 Å². The number of hydrogen-bond acceptors (Lipinski definition) is 5. The first-order valence-electron chi connectivity index (χ1n) is 5.84. The first-order chi connectivity index (χ1) is 7.59. The number of nitrogens with two attached hydrogens (primary N) is 1. The number of likely N-dealkylation sites (N-methyl/N-ethyl adjacent to an activating group) is 1. The fourth-order valence-electron chi connectivity index (χ4n) is 2.83. The average molecular weight is 228 g/mol. The maximum Gasteiger partial charge on any atom is 0.313 e. The van der Waals surface area contributed by atoms with Crippen LogP contribution in [0.15, 0.2) is 0 Å². The van der Waals surface area contributed by atoms with Crippen LogP contribution in [-0.2, 0) is 14.3 Å². The lowest BCUT2D eigenvalue weighted by Crippen LogP contribution is -2.48. The summed E-state index contributed by atoms with van der Waals surface area (Å²) in [5.74, 6) is -0.514. The van der Waals surface area contributed by atoms with Crippen LogP contribution in [-0.4, -0.2) is 55.9 Å². The van der Waals surface area contributed by atoms with Crippen molar-refractivity contribution in [3.8, 4) is 0 Å². The van der Waals surface area contributed by atoms with Gasteiger partial charge in [0.15, 0.2) is 0 Å². The zero-order valence-electron chi connectivity index (χ0n) is 9.94. The fraction of sp³-hybridized carbons (Fsp3) is 0.909. The normalized spacial score (nSPS) is 39.4. The Morgan fingerprint density at radius 3 is 3.00 bits per heavy atom. The molecule has 2 fully saturated rings. The molecule has 3 atom stereocenters. The van der Waals surface area contributed by atoms with Crippen molar-refractivity contribution in [1.29, 1.82) is 0 Å². The van der Waals surface area contributed by atoms with Crippen molar-refractivity contribution in [3.05, 3.63) is 0 Å². The van der Waals surface area contributed by atoms with Crippen molar-refractivity contribution in [2.75, 3.05) is 33.4 Å². The number of nitrogens with zero attached hydrogens (tertiary/aromatic N) is 1. The minimum atomic E-state index is -0.402. The van der Waals surface area contributed by atoms with Gasteiger partial charge in [-0.1, -0.05) is 0 Å². The molecular formula is C11H20N2O3. The van der Waals surface area contributed by atoms with Gasteiger partial charge in [-0.05, 0) is 20.4 Å². The monoisotopic (exact) mass is 228 g/mol. The summed E-state index contributed by atoms with van der Waals surface area (Å²) in [6, 6.07) is -0.231. The van der Waals surface area contributed by atoms with Gasteiger partial charge in [-0.3, -0.25) is 4.79 Å². The number of esters is 1. The van der Waals surface area contributed by atoms with Crippen LogP contribution < -0.4 is 5.73 Å². The van der Waals surface area contributed by atoms with Gasteiger partial charge in [-0.15, -0.1) is 0 Å². The molecule has 2 heterocycles. The van der Waals surface area contributed by atoms with E-state index in [0.29, 0.717) is 13.2 Å². The van der Waals surface area contributed by atoms with Crippen LogP contribution in [0.1, 0.15) is 13.3 Å². The number of rotatable bonds is 2. The summed E-state index contributed by atoms with van der Waals surface area (Å²) >= 11 is 0. The van der Waals surface area contributed by atoms with Crippen LogP contribution in [0.25, 0.3) is 0 Å². The molecule has 3 unspecified atom stereocenters. The molecule has 0 saturated carbocycles. The summed E-state index contributed by atoms with van der Waals surface area (Å²) in [7, 11) is 2.03. The van der Waals surface area contributed by atoms with E-state index < -0.39 is 5.60 Å². The van der Waals surface area contributed by atoms with Gasteiger partial charge in [-0.25, -0.2) is 0 Å². The second-order valence-corrected chi connectivity index (χ2v) is 4.76. The van der Waals surface area contributed by atoms with E-state index in [1.54, 1.807) is 0 Å². The van der Waals surface area contributed by atoms with Gasteiger partial charge >= 0.3 is 5.97 Å². The first kappa shape index (κ1) is 11.8. The molecule has 2 saturated heterocycles. The predicted octanol–water partition coefficient (Wildman–Crippen LogP) is -0.402. The summed E-state index contributed by atoms with van der Waals surface area (Å²) in [6.07, 6.45) is 0.862. The van der Waals surface area contributed by atoms with E-state index in [-0.39, 0.29) is 17.9 Å². The molecule has 2 aliphatic heterocycles. The molecule has 92 valence electrons. The van der Waals surface area contributed by atoms with Crippen molar-refractivity contribution in [2.45, 2.75) is 25.0 Å². The number of hydrogen-bond donors (Lipinski definition) is 1. The highest BCUT2D eigenvalue weighted by molar-refractivity contribution is 5.75. The van der Waals surface area contributed by atoms with Crippen LogP contribution in [0, 0.1) is 5.92 Å². The van der Waals surface area contributed by atoms with Gasteiger partial charge in [0.1, 0.15) is 5.92 Å². The van der Waals surface area contributed by atoms with E-state index >= 15 is 0 Å². The third kappa shape index (κ3) is 1.83. The molecule has 1 spiro atoms. The second kappa shape index (κ2) is 4.31. The Bertz CT molecular complexity index is 280. The summed E-state index contributed by atoms with van der Waals surface area (Å²) in [5.41, 5.74) is 5.56. The number of ether oxygens (including phenoxy) is 2. The molecule has 5 nitrogen and oxygen atoms in total. The van der Waals surface area contributed by atoms with Crippen molar-refractivity contribution < 1.29 is 14.3 Å². The lowest BCUT2D eigenvalue weighted by molar-refractivity contribution is -0.154. The van der Waals surface area contributed by atoms with Gasteiger partial charge in [0, 0.05) is 19.1 Å². The van der Waals surface area contributed by atoms with Gasteiger partial charge in [-0.2, -0.15) is 0 Å². The zero-order valence-corrected chi connectivity index (χ0v) is 9.94. The summed E-state index contributed by atoms with van der Waals surface area (Å²) < 4.78 is 10.9. The van der Waals surface area contributed by atoms with E-state index in [1.165, 1.54) is 0 Å². The minimum Gasteiger partial charge on any atom is -0.466 e. The lowest BCUT2D eigenvalue weighted by Gasteiger charge is -2.29. The highest BCUT2D eigenvalue weighted by atomic mass is 16.5. The topological polar surface area (TPSA) is 64.8 Å². The Kier molecular flexibility index (Phi) is 3.19. The smallest absolute Gasteiger partial charge is 0.313 e. The maximum atomic E-state index is 11.9. The van der Waals surface area contributed by atoms with Crippen LogP contribution in [0.3, 0.4) is 0 Å². The third-order valence-electron chi connectivity index (χ3n) is 3.55. The Morgan fingerprint density at radius 1 is 1.69 bits per heavy atom. The highest BCUT2D eigenvalue weighted by Gasteiger charge is 2.55. The van der Waals surface area contributed by atoms with Crippen molar-refractivity contribution in [2.24, 2.45) is 11.7 Å². The molecule has 0 aromatic rings. The second-order valence-electron chi connectivity index (χ2n) is 4.76. The zero-order chi connectivity index (χ0) is 11.8. The van der Waals surface area contributed by atoms with E-state index in [0.717, 1.165) is 19.5 Å². The van der Waals surface area contributed by atoms with Gasteiger partial charge in [0.25, 0.3) is 0 Å². The van der Waals surface area contributed by atoms with E-state index in [2.05, 4.69) is 4.90 Å². The number of carbonyl (C=O) groups is 1. The number of carbonyl (C=O) groups excluding carboxylic acids is 1. The van der Waals surface area contributed by atoms with E-state index in [9.17, 15) is 4.79 Å². The highest BCUT2D eigenvalue weighted by Crippen LogP contribution is 2.39. The summed E-state index contributed by atoms with van der Waals surface area (Å²) in [6.45, 7) is 4.38. The molecule has 0 amide bonds. The van der Waals surface area contributed by atoms with Gasteiger partial charge in [0.2, 0.25) is 0 Å². The largest absolute Gasteiger partial charge is 0.466 e. The standard InChI is InChI=1S/C11H20N2O3/c1-3-15-10(14)9-8(12)6-16-11(9)4-5-13(2)7-11/h8-9H,3-7,12H2,1-2H3. The molecule has 5 heteroatoms. The molecule has 2 aliphatic rings. The Hall–Kier alpha value is -0.650.